The Labute approximate surface area is 116 Å². The average molecular weight is 279 g/mol. The van der Waals surface area contributed by atoms with Gasteiger partial charge in [0.1, 0.15) is 11.9 Å². The molecule has 1 atom stereocenters. The lowest BCUT2D eigenvalue weighted by atomic mass is 10.2. The van der Waals surface area contributed by atoms with Crippen LogP contribution in [0.4, 0.5) is 0 Å². The topological polar surface area (TPSA) is 35.2 Å². The molecule has 0 saturated heterocycles. The minimum atomic E-state index is -0.0508. The number of hydrogen-bond donors (Lipinski definition) is 1. The van der Waals surface area contributed by atoms with Crippen LogP contribution in [0.3, 0.4) is 0 Å². The SMILES string of the molecule is CSc1ccc(OC(CN)c2sccc2C)cc1. The standard InChI is InChI=1S/C14H17NOS2/c1-10-7-8-18-14(10)13(9-15)16-11-3-5-12(17-2)6-4-11/h3-8,13H,9,15H2,1-2H3. The summed E-state index contributed by atoms with van der Waals surface area (Å²) in [5.74, 6) is 0.871. The molecule has 0 saturated carbocycles. The Morgan fingerprint density at radius 2 is 2.00 bits per heavy atom. The highest BCUT2D eigenvalue weighted by Gasteiger charge is 2.15. The van der Waals surface area contributed by atoms with Crippen LogP contribution in [0.2, 0.25) is 0 Å². The maximum Gasteiger partial charge on any atom is 0.145 e. The van der Waals surface area contributed by atoms with Gasteiger partial charge in [0.15, 0.2) is 0 Å². The van der Waals surface area contributed by atoms with Crippen molar-refractivity contribution in [1.29, 1.82) is 0 Å². The first-order valence-electron chi connectivity index (χ1n) is 5.79. The van der Waals surface area contributed by atoms with Crippen LogP contribution in [0, 0.1) is 6.92 Å². The molecule has 1 aromatic heterocycles. The molecule has 0 aliphatic rings. The van der Waals surface area contributed by atoms with E-state index in [9.17, 15) is 0 Å². The molecule has 2 N–H and O–H groups in total. The molecule has 96 valence electrons. The van der Waals surface area contributed by atoms with Gasteiger partial charge in [-0.1, -0.05) is 0 Å². The number of hydrogen-bond acceptors (Lipinski definition) is 4. The van der Waals surface area contributed by atoms with Crippen molar-refractivity contribution in [1.82, 2.24) is 0 Å². The second-order valence-corrected chi connectivity index (χ2v) is 5.81. The van der Waals surface area contributed by atoms with Crippen molar-refractivity contribution < 1.29 is 4.74 Å². The van der Waals surface area contributed by atoms with Crippen LogP contribution in [0.15, 0.2) is 40.6 Å². The predicted octanol–water partition coefficient (Wildman–Crippen LogP) is 3.86. The van der Waals surface area contributed by atoms with Gasteiger partial charge in [0.25, 0.3) is 0 Å². The molecular weight excluding hydrogens is 262 g/mol. The summed E-state index contributed by atoms with van der Waals surface area (Å²) in [6.45, 7) is 2.58. The summed E-state index contributed by atoms with van der Waals surface area (Å²) in [5, 5.41) is 2.08. The monoisotopic (exact) mass is 279 g/mol. The van der Waals surface area contributed by atoms with Crippen LogP contribution >= 0.6 is 23.1 Å². The second-order valence-electron chi connectivity index (χ2n) is 3.99. The Hall–Kier alpha value is -0.970. The molecule has 2 rings (SSSR count). The highest BCUT2D eigenvalue weighted by molar-refractivity contribution is 7.98. The highest BCUT2D eigenvalue weighted by atomic mass is 32.2. The molecule has 18 heavy (non-hydrogen) atoms. The lowest BCUT2D eigenvalue weighted by Crippen LogP contribution is -2.18. The third kappa shape index (κ3) is 3.07. The largest absolute Gasteiger partial charge is 0.484 e. The fourth-order valence-electron chi connectivity index (χ4n) is 1.74. The van der Waals surface area contributed by atoms with Crippen LogP contribution in [-0.2, 0) is 0 Å². The van der Waals surface area contributed by atoms with E-state index in [4.69, 9.17) is 10.5 Å². The smallest absolute Gasteiger partial charge is 0.145 e. The van der Waals surface area contributed by atoms with Gasteiger partial charge in [-0.25, -0.2) is 0 Å². The summed E-state index contributed by atoms with van der Waals surface area (Å²) >= 11 is 3.42. The van der Waals surface area contributed by atoms with E-state index < -0.39 is 0 Å². The number of thiophene rings is 1. The van der Waals surface area contributed by atoms with Gasteiger partial charge in [0.2, 0.25) is 0 Å². The summed E-state index contributed by atoms with van der Waals surface area (Å²) in [5.41, 5.74) is 7.06. The molecule has 4 heteroatoms. The molecule has 1 aromatic carbocycles. The number of rotatable bonds is 5. The van der Waals surface area contributed by atoms with Gasteiger partial charge in [0.05, 0.1) is 0 Å². The molecule has 0 aliphatic heterocycles. The Balaban J connectivity index is 2.13. The van der Waals surface area contributed by atoms with Crippen LogP contribution < -0.4 is 10.5 Å². The van der Waals surface area contributed by atoms with Crippen LogP contribution in [-0.4, -0.2) is 12.8 Å². The Morgan fingerprint density at radius 3 is 2.50 bits per heavy atom. The van der Waals surface area contributed by atoms with Crippen molar-refractivity contribution in [3.05, 3.63) is 46.2 Å². The van der Waals surface area contributed by atoms with E-state index in [0.29, 0.717) is 6.54 Å². The lowest BCUT2D eigenvalue weighted by molar-refractivity contribution is 0.217. The number of ether oxygens (including phenoxy) is 1. The number of nitrogens with two attached hydrogens (primary N) is 1. The third-order valence-electron chi connectivity index (χ3n) is 2.75. The van der Waals surface area contributed by atoms with Gasteiger partial charge >= 0.3 is 0 Å². The zero-order valence-electron chi connectivity index (χ0n) is 10.6. The predicted molar refractivity (Wildman–Crippen MR) is 79.7 cm³/mol. The second kappa shape index (κ2) is 6.27. The zero-order chi connectivity index (χ0) is 13.0. The molecular formula is C14H17NOS2. The van der Waals surface area contributed by atoms with Gasteiger partial charge in [-0.15, -0.1) is 23.1 Å². The van der Waals surface area contributed by atoms with Crippen LogP contribution in [0.25, 0.3) is 0 Å². The first kappa shape index (κ1) is 13.5. The zero-order valence-corrected chi connectivity index (χ0v) is 12.2. The number of thioether (sulfide) groups is 1. The highest BCUT2D eigenvalue weighted by Crippen LogP contribution is 2.28. The van der Waals surface area contributed by atoms with E-state index in [0.717, 1.165) is 5.75 Å². The lowest BCUT2D eigenvalue weighted by Gasteiger charge is -2.17. The summed E-state index contributed by atoms with van der Waals surface area (Å²) < 4.78 is 5.96. The molecule has 2 nitrogen and oxygen atoms in total. The first-order chi connectivity index (χ1) is 8.74. The first-order valence-corrected chi connectivity index (χ1v) is 7.89. The summed E-state index contributed by atoms with van der Waals surface area (Å²) in [7, 11) is 0. The quantitative estimate of drug-likeness (QED) is 0.844. The van der Waals surface area contributed by atoms with Crippen molar-refractivity contribution in [2.24, 2.45) is 5.73 Å². The van der Waals surface area contributed by atoms with Gasteiger partial charge in [-0.05, 0) is 54.5 Å². The van der Waals surface area contributed by atoms with E-state index >= 15 is 0 Å². The fourth-order valence-corrected chi connectivity index (χ4v) is 3.12. The van der Waals surface area contributed by atoms with Gasteiger partial charge in [-0.3, -0.25) is 0 Å². The Morgan fingerprint density at radius 1 is 1.28 bits per heavy atom. The van der Waals surface area contributed by atoms with E-state index in [-0.39, 0.29) is 6.10 Å². The minimum absolute atomic E-state index is 0.0508. The van der Waals surface area contributed by atoms with Crippen molar-refractivity contribution in [3.8, 4) is 5.75 Å². The minimum Gasteiger partial charge on any atom is -0.484 e. The van der Waals surface area contributed by atoms with Gasteiger partial charge in [-0.2, -0.15) is 0 Å². The molecule has 2 aromatic rings. The molecule has 0 radical (unpaired) electrons. The van der Waals surface area contributed by atoms with Crippen molar-refractivity contribution in [2.75, 3.05) is 12.8 Å². The summed E-state index contributed by atoms with van der Waals surface area (Å²) in [4.78, 5) is 2.45. The van der Waals surface area contributed by atoms with E-state index in [1.807, 2.05) is 12.1 Å². The fraction of sp³-hybridized carbons (Fsp3) is 0.286. The van der Waals surface area contributed by atoms with Crippen LogP contribution in [0.1, 0.15) is 16.5 Å². The normalized spacial score (nSPS) is 12.4. The number of aryl methyl sites for hydroxylation is 1. The van der Waals surface area contributed by atoms with Gasteiger partial charge < -0.3 is 10.5 Å². The third-order valence-corrected chi connectivity index (χ3v) is 4.60. The molecule has 0 spiro atoms. The average Bonchev–Trinajstić information content (AvgIpc) is 2.83. The summed E-state index contributed by atoms with van der Waals surface area (Å²) in [6, 6.07) is 10.2. The maximum absolute atomic E-state index is 5.96. The van der Waals surface area contributed by atoms with E-state index in [1.54, 1.807) is 23.1 Å². The number of benzene rings is 1. The summed E-state index contributed by atoms with van der Waals surface area (Å²) in [6.07, 6.45) is 2.01. The van der Waals surface area contributed by atoms with Crippen molar-refractivity contribution in [3.63, 3.8) is 0 Å². The molecule has 0 fully saturated rings. The van der Waals surface area contributed by atoms with Crippen molar-refractivity contribution >= 4 is 23.1 Å². The molecule has 0 aliphatic carbocycles. The van der Waals surface area contributed by atoms with Crippen molar-refractivity contribution in [2.45, 2.75) is 17.9 Å². The molecule has 1 heterocycles. The van der Waals surface area contributed by atoms with E-state index in [2.05, 4.69) is 36.8 Å². The van der Waals surface area contributed by atoms with Crippen LogP contribution in [0.5, 0.6) is 5.75 Å². The van der Waals surface area contributed by atoms with Gasteiger partial charge in [0, 0.05) is 16.3 Å². The van der Waals surface area contributed by atoms with E-state index in [1.165, 1.54) is 15.3 Å². The molecule has 0 amide bonds. The molecule has 0 bridgehead atoms. The Bertz CT molecular complexity index is 493. The Kier molecular flexibility index (Phi) is 4.69. The maximum atomic E-state index is 5.96. The molecule has 1 unspecified atom stereocenters.